The topological polar surface area (TPSA) is 38.3 Å². The lowest BCUT2D eigenvalue weighted by atomic mass is 10.1. The number of ether oxygens (including phenoxy) is 1. The fourth-order valence-electron chi connectivity index (χ4n) is 3.94. The zero-order chi connectivity index (χ0) is 19.5. The van der Waals surface area contributed by atoms with Gasteiger partial charge in [-0.05, 0) is 30.0 Å². The Morgan fingerprint density at radius 2 is 1.75 bits per heavy atom. The highest BCUT2D eigenvalue weighted by Gasteiger charge is 2.24. The number of aromatic nitrogens is 2. The summed E-state index contributed by atoms with van der Waals surface area (Å²) >= 11 is 0. The van der Waals surface area contributed by atoms with Gasteiger partial charge in [0.25, 0.3) is 5.82 Å². The molecule has 28 heavy (non-hydrogen) atoms. The molecule has 0 radical (unpaired) electrons. The van der Waals surface area contributed by atoms with Crippen LogP contribution in [0.25, 0.3) is 21.8 Å². The lowest BCUT2D eigenvalue weighted by Crippen LogP contribution is -2.34. The van der Waals surface area contributed by atoms with Crippen LogP contribution in [0.5, 0.6) is 5.75 Å². The molecule has 0 unspecified atom stereocenters. The molecule has 0 saturated carbocycles. The molecule has 0 aliphatic heterocycles. The largest absolute Gasteiger partial charge is 0.490 e. The Labute approximate surface area is 165 Å². The number of aryl methyl sites for hydroxylation is 1. The molecule has 0 fully saturated rings. The Hall–Kier alpha value is -2.85. The SMILES string of the molecule is CCCc1n(C[C@H](O)COc2cccc3ccccc23)c2ccccc2[n+]1C. The molecule has 0 bridgehead atoms. The van der Waals surface area contributed by atoms with Crippen LogP contribution in [0.3, 0.4) is 0 Å². The van der Waals surface area contributed by atoms with Crippen molar-refractivity contribution in [1.29, 1.82) is 0 Å². The molecule has 4 heteroatoms. The van der Waals surface area contributed by atoms with Gasteiger partial charge in [-0.15, -0.1) is 0 Å². The van der Waals surface area contributed by atoms with Gasteiger partial charge in [0.1, 0.15) is 25.0 Å². The van der Waals surface area contributed by atoms with E-state index in [4.69, 9.17) is 4.74 Å². The third-order valence-electron chi connectivity index (χ3n) is 5.28. The van der Waals surface area contributed by atoms with Crippen molar-refractivity contribution in [2.45, 2.75) is 32.4 Å². The quantitative estimate of drug-likeness (QED) is 0.496. The lowest BCUT2D eigenvalue weighted by molar-refractivity contribution is -0.654. The van der Waals surface area contributed by atoms with Gasteiger partial charge >= 0.3 is 0 Å². The minimum atomic E-state index is -0.592. The van der Waals surface area contributed by atoms with Gasteiger partial charge in [-0.1, -0.05) is 55.5 Å². The van der Waals surface area contributed by atoms with Crippen LogP contribution in [0, 0.1) is 0 Å². The van der Waals surface area contributed by atoms with E-state index < -0.39 is 6.10 Å². The molecule has 0 spiro atoms. The van der Waals surface area contributed by atoms with E-state index in [1.54, 1.807) is 0 Å². The van der Waals surface area contributed by atoms with Gasteiger partial charge in [-0.3, -0.25) is 0 Å². The minimum absolute atomic E-state index is 0.260. The molecule has 0 amide bonds. The second-order valence-electron chi connectivity index (χ2n) is 7.27. The number of fused-ring (bicyclic) bond motifs is 2. The average Bonchev–Trinajstić information content (AvgIpc) is 2.98. The van der Waals surface area contributed by atoms with Crippen LogP contribution in [0.4, 0.5) is 0 Å². The molecule has 0 aliphatic rings. The monoisotopic (exact) mass is 375 g/mol. The molecule has 1 atom stereocenters. The average molecular weight is 375 g/mol. The highest BCUT2D eigenvalue weighted by molar-refractivity contribution is 5.88. The molecule has 4 rings (SSSR count). The van der Waals surface area contributed by atoms with Crippen LogP contribution in [-0.2, 0) is 20.0 Å². The Kier molecular flexibility index (Phi) is 5.31. The zero-order valence-electron chi connectivity index (χ0n) is 16.5. The van der Waals surface area contributed by atoms with E-state index in [1.165, 1.54) is 11.3 Å². The number of aliphatic hydroxyl groups is 1. The fraction of sp³-hybridized carbons (Fsp3) is 0.292. The number of para-hydroxylation sites is 2. The van der Waals surface area contributed by atoms with E-state index in [0.29, 0.717) is 6.54 Å². The lowest BCUT2D eigenvalue weighted by Gasteiger charge is -2.13. The van der Waals surface area contributed by atoms with Crippen LogP contribution in [0.15, 0.2) is 66.7 Å². The van der Waals surface area contributed by atoms with Gasteiger partial charge < -0.3 is 9.84 Å². The molecule has 0 aliphatic carbocycles. The van der Waals surface area contributed by atoms with Crippen molar-refractivity contribution in [1.82, 2.24) is 4.57 Å². The maximum atomic E-state index is 10.7. The summed E-state index contributed by atoms with van der Waals surface area (Å²) in [5.41, 5.74) is 2.34. The summed E-state index contributed by atoms with van der Waals surface area (Å²) < 4.78 is 10.5. The molecule has 4 nitrogen and oxygen atoms in total. The third kappa shape index (κ3) is 3.48. The van der Waals surface area contributed by atoms with Crippen LogP contribution < -0.4 is 9.30 Å². The Morgan fingerprint density at radius 1 is 1.00 bits per heavy atom. The van der Waals surface area contributed by atoms with E-state index in [2.05, 4.69) is 59.5 Å². The van der Waals surface area contributed by atoms with E-state index >= 15 is 0 Å². The number of imidazole rings is 1. The first kappa shape index (κ1) is 18.5. The molecule has 1 aromatic heterocycles. The van der Waals surface area contributed by atoms with Gasteiger partial charge in [-0.2, -0.15) is 0 Å². The van der Waals surface area contributed by atoms with Crippen molar-refractivity contribution in [2.75, 3.05) is 6.61 Å². The Bertz CT molecular complexity index is 1100. The molecule has 1 N–H and O–H groups in total. The van der Waals surface area contributed by atoms with E-state index in [0.717, 1.165) is 34.9 Å². The molecule has 144 valence electrons. The smallest absolute Gasteiger partial charge is 0.257 e. The summed E-state index contributed by atoms with van der Waals surface area (Å²) in [6, 6.07) is 22.5. The summed E-state index contributed by atoms with van der Waals surface area (Å²) in [5, 5.41) is 13.0. The van der Waals surface area contributed by atoms with Crippen molar-refractivity contribution in [3.63, 3.8) is 0 Å². The van der Waals surface area contributed by atoms with Gasteiger partial charge in [0.05, 0.1) is 7.05 Å². The summed E-state index contributed by atoms with van der Waals surface area (Å²) in [6.07, 6.45) is 1.44. The summed E-state index contributed by atoms with van der Waals surface area (Å²) in [6.45, 7) is 2.96. The van der Waals surface area contributed by atoms with Crippen LogP contribution in [0.2, 0.25) is 0 Å². The van der Waals surface area contributed by atoms with Crippen molar-refractivity contribution in [2.24, 2.45) is 7.05 Å². The standard InChI is InChI=1S/C24H27N2O2/c1-3-9-24-25(2)21-13-6-7-14-22(21)26(24)16-19(27)17-28-23-15-8-11-18-10-4-5-12-20(18)23/h4-8,10-15,19,27H,3,9,16-17H2,1-2H3/q+1/t19-/m0/s1. The predicted octanol–water partition coefficient (Wildman–Crippen LogP) is 4.01. The van der Waals surface area contributed by atoms with E-state index in [-0.39, 0.29) is 6.61 Å². The summed E-state index contributed by atoms with van der Waals surface area (Å²) in [7, 11) is 2.10. The van der Waals surface area contributed by atoms with Crippen LogP contribution in [-0.4, -0.2) is 22.4 Å². The number of benzene rings is 3. The van der Waals surface area contributed by atoms with Gasteiger partial charge in [-0.25, -0.2) is 9.13 Å². The first-order valence-electron chi connectivity index (χ1n) is 9.93. The van der Waals surface area contributed by atoms with Gasteiger partial charge in [0.2, 0.25) is 0 Å². The predicted molar refractivity (Wildman–Crippen MR) is 113 cm³/mol. The minimum Gasteiger partial charge on any atom is -0.490 e. The van der Waals surface area contributed by atoms with Crippen LogP contribution in [0.1, 0.15) is 19.2 Å². The highest BCUT2D eigenvalue weighted by Crippen LogP contribution is 2.25. The molecule has 1 heterocycles. The van der Waals surface area contributed by atoms with Crippen molar-refractivity contribution in [3.05, 3.63) is 72.6 Å². The molecular weight excluding hydrogens is 348 g/mol. The maximum absolute atomic E-state index is 10.7. The van der Waals surface area contributed by atoms with Crippen LogP contribution >= 0.6 is 0 Å². The second-order valence-corrected chi connectivity index (χ2v) is 7.27. The fourth-order valence-corrected chi connectivity index (χ4v) is 3.94. The number of aliphatic hydroxyl groups excluding tert-OH is 1. The van der Waals surface area contributed by atoms with E-state index in [1.807, 2.05) is 30.3 Å². The van der Waals surface area contributed by atoms with E-state index in [9.17, 15) is 5.11 Å². The highest BCUT2D eigenvalue weighted by atomic mass is 16.5. The van der Waals surface area contributed by atoms with Crippen molar-refractivity contribution < 1.29 is 14.4 Å². The normalized spacial score (nSPS) is 12.5. The van der Waals surface area contributed by atoms with Crippen molar-refractivity contribution >= 4 is 21.8 Å². The number of nitrogens with zero attached hydrogens (tertiary/aromatic N) is 2. The molecule has 0 saturated heterocycles. The maximum Gasteiger partial charge on any atom is 0.257 e. The number of rotatable bonds is 7. The first-order chi connectivity index (χ1) is 13.7. The molecular formula is C24H27N2O2+. The summed E-state index contributed by atoms with van der Waals surface area (Å²) in [5.74, 6) is 2.04. The zero-order valence-corrected chi connectivity index (χ0v) is 16.5. The number of hydrogen-bond donors (Lipinski definition) is 1. The summed E-state index contributed by atoms with van der Waals surface area (Å²) in [4.78, 5) is 0. The Morgan fingerprint density at radius 3 is 2.61 bits per heavy atom. The number of hydrogen-bond acceptors (Lipinski definition) is 2. The Balaban J connectivity index is 1.55. The third-order valence-corrected chi connectivity index (χ3v) is 5.28. The van der Waals surface area contributed by atoms with Gasteiger partial charge in [0, 0.05) is 11.8 Å². The first-order valence-corrected chi connectivity index (χ1v) is 9.93. The molecule has 4 aromatic rings. The van der Waals surface area contributed by atoms with Crippen molar-refractivity contribution in [3.8, 4) is 5.75 Å². The molecule has 3 aromatic carbocycles. The van der Waals surface area contributed by atoms with Gasteiger partial charge in [0.15, 0.2) is 11.0 Å². The second kappa shape index (κ2) is 8.03.